The van der Waals surface area contributed by atoms with Gasteiger partial charge in [0.2, 0.25) is 0 Å². The Labute approximate surface area is 169 Å². The Morgan fingerprint density at radius 3 is 1.79 bits per heavy atom. The van der Waals surface area contributed by atoms with E-state index < -0.39 is 18.2 Å². The molecule has 0 aliphatic carbocycles. The largest absolute Gasteiger partial charge is 0.451 e. The van der Waals surface area contributed by atoms with Crippen LogP contribution in [0, 0.1) is 0 Å². The lowest BCUT2D eigenvalue weighted by Crippen LogP contribution is -2.30. The van der Waals surface area contributed by atoms with Gasteiger partial charge < -0.3 is 9.47 Å². The van der Waals surface area contributed by atoms with E-state index in [9.17, 15) is 9.59 Å². The Balaban J connectivity index is 1.69. The molecule has 0 aliphatic rings. The summed E-state index contributed by atoms with van der Waals surface area (Å²) in [4.78, 5) is 26.5. The first-order valence-corrected chi connectivity index (χ1v) is 9.14. The Hall–Kier alpha value is -3.86. The third kappa shape index (κ3) is 5.32. The Morgan fingerprint density at radius 1 is 0.828 bits per heavy atom. The van der Waals surface area contributed by atoms with Crippen molar-refractivity contribution in [3.63, 3.8) is 0 Å². The molecule has 146 valence electrons. The average Bonchev–Trinajstić information content (AvgIpc) is 2.78. The first-order valence-electron chi connectivity index (χ1n) is 9.14. The number of hydrogen-bond donors (Lipinski definition) is 0. The minimum Gasteiger partial charge on any atom is -0.451 e. The Bertz CT molecular complexity index is 903. The molecule has 1 atom stereocenters. The second-order valence-corrected chi connectivity index (χ2v) is 6.13. The van der Waals surface area contributed by atoms with Gasteiger partial charge in [0.25, 0.3) is 0 Å². The van der Waals surface area contributed by atoms with E-state index in [-0.39, 0.29) is 6.61 Å². The number of rotatable bonds is 7. The third-order valence-electron chi connectivity index (χ3n) is 4.11. The van der Waals surface area contributed by atoms with Gasteiger partial charge in [-0.1, -0.05) is 61.2 Å². The van der Waals surface area contributed by atoms with Crippen molar-refractivity contribution in [2.24, 2.45) is 0 Å². The quantitative estimate of drug-likeness (QED) is 0.404. The fourth-order valence-corrected chi connectivity index (χ4v) is 2.66. The van der Waals surface area contributed by atoms with Crippen LogP contribution in [0.1, 0.15) is 10.4 Å². The summed E-state index contributed by atoms with van der Waals surface area (Å²) < 4.78 is 10.8. The number of hydrogen-bond acceptors (Lipinski definition) is 4. The van der Waals surface area contributed by atoms with Crippen molar-refractivity contribution in [3.05, 3.63) is 109 Å². The van der Waals surface area contributed by atoms with Crippen LogP contribution in [0.5, 0.6) is 0 Å². The lowest BCUT2D eigenvalue weighted by Gasteiger charge is -2.23. The average molecular weight is 387 g/mol. The minimum atomic E-state index is -0.764. The number of esters is 1. The zero-order valence-electron chi connectivity index (χ0n) is 15.8. The molecule has 0 saturated carbocycles. The summed E-state index contributed by atoms with van der Waals surface area (Å²) in [7, 11) is 0. The summed E-state index contributed by atoms with van der Waals surface area (Å²) in [5.74, 6) is -0.505. The van der Waals surface area contributed by atoms with Gasteiger partial charge in [-0.2, -0.15) is 0 Å². The maximum Gasteiger partial charge on any atom is 0.419 e. The molecule has 0 heterocycles. The summed E-state index contributed by atoms with van der Waals surface area (Å²) in [6.45, 7) is 3.52. The highest BCUT2D eigenvalue weighted by molar-refractivity contribution is 5.96. The monoisotopic (exact) mass is 387 g/mol. The Kier molecular flexibility index (Phi) is 6.79. The van der Waals surface area contributed by atoms with Crippen molar-refractivity contribution in [1.82, 2.24) is 0 Å². The van der Waals surface area contributed by atoms with Gasteiger partial charge in [-0.3, -0.25) is 0 Å². The molecule has 0 fully saturated rings. The van der Waals surface area contributed by atoms with E-state index >= 15 is 0 Å². The van der Waals surface area contributed by atoms with Crippen LogP contribution in [0.4, 0.5) is 16.2 Å². The first kappa shape index (κ1) is 19.9. The van der Waals surface area contributed by atoms with Crippen LogP contribution in [-0.4, -0.2) is 24.8 Å². The molecule has 0 aliphatic heterocycles. The predicted octanol–water partition coefficient (Wildman–Crippen LogP) is 5.37. The highest BCUT2D eigenvalue weighted by Crippen LogP contribution is 2.25. The molecular formula is C24H21NO4. The van der Waals surface area contributed by atoms with Crippen molar-refractivity contribution in [2.45, 2.75) is 6.10 Å². The smallest absolute Gasteiger partial charge is 0.419 e. The first-order chi connectivity index (χ1) is 14.2. The molecule has 0 radical (unpaired) electrons. The van der Waals surface area contributed by atoms with Crippen LogP contribution in [-0.2, 0) is 9.47 Å². The summed E-state index contributed by atoms with van der Waals surface area (Å²) in [5.41, 5.74) is 1.75. The molecule has 0 saturated heterocycles. The van der Waals surface area contributed by atoms with Crippen molar-refractivity contribution in [2.75, 3.05) is 11.5 Å². The fourth-order valence-electron chi connectivity index (χ4n) is 2.66. The van der Waals surface area contributed by atoms with E-state index in [0.29, 0.717) is 16.9 Å². The number of ether oxygens (including phenoxy) is 2. The van der Waals surface area contributed by atoms with Gasteiger partial charge in [-0.25, -0.2) is 14.5 Å². The molecule has 5 heteroatoms. The number of anilines is 2. The van der Waals surface area contributed by atoms with E-state index in [2.05, 4.69) is 6.58 Å². The number of benzene rings is 3. The van der Waals surface area contributed by atoms with Crippen LogP contribution in [0.2, 0.25) is 0 Å². The maximum atomic E-state index is 12.8. The molecule has 3 aromatic carbocycles. The molecule has 1 amide bonds. The number of amides is 1. The lowest BCUT2D eigenvalue weighted by atomic mass is 10.2. The molecule has 0 spiro atoms. The standard InChI is InChI=1S/C24H21NO4/c1-2-22(29-23(26)19-12-6-3-7-13-19)18-28-24(27)25(20-14-8-4-9-15-20)21-16-10-5-11-17-21/h2-17,22H,1,18H2. The molecule has 0 N–H and O–H groups in total. The van der Waals surface area contributed by atoms with Crippen molar-refractivity contribution in [3.8, 4) is 0 Å². The van der Waals surface area contributed by atoms with Gasteiger partial charge in [0.15, 0.2) is 6.10 Å². The minimum absolute atomic E-state index is 0.142. The van der Waals surface area contributed by atoms with E-state index in [1.807, 2.05) is 66.7 Å². The van der Waals surface area contributed by atoms with Gasteiger partial charge >= 0.3 is 12.1 Å². The lowest BCUT2D eigenvalue weighted by molar-refractivity contribution is 0.0240. The summed E-state index contributed by atoms with van der Waals surface area (Å²) in [5, 5.41) is 0. The van der Waals surface area contributed by atoms with Crippen LogP contribution in [0.25, 0.3) is 0 Å². The SMILES string of the molecule is C=CC(COC(=O)N(c1ccccc1)c1ccccc1)OC(=O)c1ccccc1. The van der Waals surface area contributed by atoms with Crippen LogP contribution in [0.15, 0.2) is 104 Å². The topological polar surface area (TPSA) is 55.8 Å². The summed E-state index contributed by atoms with van der Waals surface area (Å²) in [6.07, 6.45) is 0.0915. The molecule has 3 aromatic rings. The maximum absolute atomic E-state index is 12.8. The molecule has 3 rings (SSSR count). The number of para-hydroxylation sites is 2. The van der Waals surface area contributed by atoms with Crippen molar-refractivity contribution in [1.29, 1.82) is 0 Å². The second kappa shape index (κ2) is 9.90. The van der Waals surface area contributed by atoms with Gasteiger partial charge in [-0.15, -0.1) is 0 Å². The van der Waals surface area contributed by atoms with Gasteiger partial charge in [0.1, 0.15) is 6.61 Å². The molecule has 0 bridgehead atoms. The molecule has 1 unspecified atom stereocenters. The van der Waals surface area contributed by atoms with Crippen molar-refractivity contribution >= 4 is 23.4 Å². The summed E-state index contributed by atoms with van der Waals surface area (Å²) >= 11 is 0. The second-order valence-electron chi connectivity index (χ2n) is 6.13. The molecule has 0 aromatic heterocycles. The van der Waals surface area contributed by atoms with Crippen LogP contribution >= 0.6 is 0 Å². The van der Waals surface area contributed by atoms with Crippen LogP contribution in [0.3, 0.4) is 0 Å². The van der Waals surface area contributed by atoms with Gasteiger partial charge in [0, 0.05) is 0 Å². The molecular weight excluding hydrogens is 366 g/mol. The van der Waals surface area contributed by atoms with E-state index in [0.717, 1.165) is 0 Å². The number of carbonyl (C=O) groups excluding carboxylic acids is 2. The van der Waals surface area contributed by atoms with Gasteiger partial charge in [0.05, 0.1) is 16.9 Å². The van der Waals surface area contributed by atoms with E-state index in [4.69, 9.17) is 9.47 Å². The highest BCUT2D eigenvalue weighted by atomic mass is 16.6. The third-order valence-corrected chi connectivity index (χ3v) is 4.11. The summed E-state index contributed by atoms with van der Waals surface area (Å²) in [6, 6.07) is 27.0. The zero-order chi connectivity index (χ0) is 20.5. The fraction of sp³-hybridized carbons (Fsp3) is 0.0833. The predicted molar refractivity (Wildman–Crippen MR) is 112 cm³/mol. The van der Waals surface area contributed by atoms with Gasteiger partial charge in [-0.05, 0) is 42.5 Å². The number of carbonyl (C=O) groups is 2. The Morgan fingerprint density at radius 2 is 1.31 bits per heavy atom. The molecule has 29 heavy (non-hydrogen) atoms. The van der Waals surface area contributed by atoms with Crippen LogP contribution < -0.4 is 4.90 Å². The van der Waals surface area contributed by atoms with E-state index in [1.165, 1.54) is 11.0 Å². The van der Waals surface area contributed by atoms with Crippen molar-refractivity contribution < 1.29 is 19.1 Å². The normalized spacial score (nSPS) is 11.2. The van der Waals surface area contributed by atoms with E-state index in [1.54, 1.807) is 24.3 Å². The highest BCUT2D eigenvalue weighted by Gasteiger charge is 2.21. The zero-order valence-corrected chi connectivity index (χ0v) is 15.8. The molecule has 5 nitrogen and oxygen atoms in total. The number of nitrogens with zero attached hydrogens (tertiary/aromatic N) is 1.